The zero-order valence-electron chi connectivity index (χ0n) is 14.0. The molecule has 2 unspecified atom stereocenters. The molecule has 1 aliphatic heterocycles. The van der Waals surface area contributed by atoms with Gasteiger partial charge >= 0.3 is 0 Å². The zero-order chi connectivity index (χ0) is 14.3. The van der Waals surface area contributed by atoms with Gasteiger partial charge in [0.2, 0.25) is 0 Å². The van der Waals surface area contributed by atoms with Crippen molar-refractivity contribution >= 4 is 0 Å². The van der Waals surface area contributed by atoms with E-state index in [-0.39, 0.29) is 0 Å². The van der Waals surface area contributed by atoms with E-state index in [2.05, 4.69) is 44.8 Å². The first-order chi connectivity index (χ1) is 8.93. The highest BCUT2D eigenvalue weighted by Gasteiger charge is 2.31. The first-order valence-electron chi connectivity index (χ1n) is 8.39. The molecule has 1 aliphatic rings. The Morgan fingerprint density at radius 2 is 2.00 bits per heavy atom. The fraction of sp³-hybridized carbons (Fsp3) is 1.00. The largest absolute Gasteiger partial charge is 0.314 e. The van der Waals surface area contributed by atoms with Crippen LogP contribution in [0.5, 0.6) is 0 Å². The van der Waals surface area contributed by atoms with Crippen molar-refractivity contribution in [2.75, 3.05) is 26.2 Å². The van der Waals surface area contributed by atoms with Crippen LogP contribution >= 0.6 is 0 Å². The normalized spacial score (nSPS) is 22.9. The molecule has 114 valence electrons. The summed E-state index contributed by atoms with van der Waals surface area (Å²) in [5, 5.41) is 3.57. The monoisotopic (exact) mass is 268 g/mol. The third-order valence-corrected chi connectivity index (χ3v) is 4.60. The lowest BCUT2D eigenvalue weighted by molar-refractivity contribution is 0.227. The second-order valence-corrected chi connectivity index (χ2v) is 7.50. The maximum absolute atomic E-state index is 3.57. The molecule has 2 atom stereocenters. The quantitative estimate of drug-likeness (QED) is 0.671. The van der Waals surface area contributed by atoms with Gasteiger partial charge in [-0.25, -0.2) is 0 Å². The molecule has 0 radical (unpaired) electrons. The van der Waals surface area contributed by atoms with Gasteiger partial charge in [-0.15, -0.1) is 0 Å². The average Bonchev–Trinajstić information content (AvgIpc) is 2.80. The van der Waals surface area contributed by atoms with E-state index in [1.807, 2.05) is 0 Å². The van der Waals surface area contributed by atoms with Gasteiger partial charge in [0.25, 0.3) is 0 Å². The molecular weight excluding hydrogens is 232 g/mol. The SMILES string of the molecule is CCCNC(C)CCCCN1CCC(C(C)(C)C)C1. The van der Waals surface area contributed by atoms with E-state index in [4.69, 9.17) is 0 Å². The predicted octanol–water partition coefficient (Wildman–Crippen LogP) is 3.91. The molecule has 1 fully saturated rings. The average molecular weight is 268 g/mol. The van der Waals surface area contributed by atoms with Gasteiger partial charge in [0, 0.05) is 12.6 Å². The highest BCUT2D eigenvalue weighted by atomic mass is 15.1. The highest BCUT2D eigenvalue weighted by Crippen LogP contribution is 2.33. The Morgan fingerprint density at radius 3 is 2.58 bits per heavy atom. The van der Waals surface area contributed by atoms with Crippen LogP contribution in [0.2, 0.25) is 0 Å². The maximum atomic E-state index is 3.57. The second kappa shape index (κ2) is 8.26. The molecule has 2 heteroatoms. The molecule has 0 aromatic rings. The second-order valence-electron chi connectivity index (χ2n) is 7.50. The van der Waals surface area contributed by atoms with E-state index in [1.54, 1.807) is 0 Å². The topological polar surface area (TPSA) is 15.3 Å². The Bertz CT molecular complexity index is 232. The van der Waals surface area contributed by atoms with Crippen LogP contribution in [0.25, 0.3) is 0 Å². The lowest BCUT2D eigenvalue weighted by atomic mass is 9.80. The van der Waals surface area contributed by atoms with Gasteiger partial charge in [0.1, 0.15) is 0 Å². The molecule has 0 amide bonds. The summed E-state index contributed by atoms with van der Waals surface area (Å²) in [6.07, 6.45) is 6.71. The lowest BCUT2D eigenvalue weighted by Gasteiger charge is -2.27. The lowest BCUT2D eigenvalue weighted by Crippen LogP contribution is -2.28. The van der Waals surface area contributed by atoms with E-state index >= 15 is 0 Å². The molecule has 1 N–H and O–H groups in total. The number of nitrogens with zero attached hydrogens (tertiary/aromatic N) is 1. The van der Waals surface area contributed by atoms with Gasteiger partial charge in [-0.2, -0.15) is 0 Å². The van der Waals surface area contributed by atoms with E-state index in [1.165, 1.54) is 58.3 Å². The van der Waals surface area contributed by atoms with Gasteiger partial charge in [-0.1, -0.05) is 34.1 Å². The molecule has 0 bridgehead atoms. The Labute approximate surface area is 121 Å². The number of hydrogen-bond donors (Lipinski definition) is 1. The van der Waals surface area contributed by atoms with Crippen LogP contribution in [0.15, 0.2) is 0 Å². The molecule has 0 saturated carbocycles. The number of unbranched alkanes of at least 4 members (excludes halogenated alkanes) is 1. The van der Waals surface area contributed by atoms with Crippen LogP contribution in [0, 0.1) is 11.3 Å². The van der Waals surface area contributed by atoms with E-state index < -0.39 is 0 Å². The van der Waals surface area contributed by atoms with Gasteiger partial charge < -0.3 is 10.2 Å². The fourth-order valence-corrected chi connectivity index (χ4v) is 3.02. The number of rotatable bonds is 8. The maximum Gasteiger partial charge on any atom is 0.00387 e. The molecule has 0 aliphatic carbocycles. The number of hydrogen-bond acceptors (Lipinski definition) is 2. The third kappa shape index (κ3) is 6.76. The minimum absolute atomic E-state index is 0.493. The zero-order valence-corrected chi connectivity index (χ0v) is 14.0. The van der Waals surface area contributed by atoms with Crippen LogP contribution < -0.4 is 5.32 Å². The van der Waals surface area contributed by atoms with E-state index in [9.17, 15) is 0 Å². The summed E-state index contributed by atoms with van der Waals surface area (Å²) >= 11 is 0. The first-order valence-corrected chi connectivity index (χ1v) is 8.39. The van der Waals surface area contributed by atoms with Crippen molar-refractivity contribution in [3.63, 3.8) is 0 Å². The van der Waals surface area contributed by atoms with Gasteiger partial charge in [0.15, 0.2) is 0 Å². The minimum Gasteiger partial charge on any atom is -0.314 e. The van der Waals surface area contributed by atoms with Gasteiger partial charge in [-0.3, -0.25) is 0 Å². The van der Waals surface area contributed by atoms with Crippen molar-refractivity contribution in [2.24, 2.45) is 11.3 Å². The van der Waals surface area contributed by atoms with Crippen molar-refractivity contribution in [2.45, 2.75) is 72.8 Å². The van der Waals surface area contributed by atoms with Crippen LogP contribution in [0.3, 0.4) is 0 Å². The molecule has 19 heavy (non-hydrogen) atoms. The Kier molecular flexibility index (Phi) is 7.38. The summed E-state index contributed by atoms with van der Waals surface area (Å²) in [6.45, 7) is 16.9. The molecule has 1 saturated heterocycles. The van der Waals surface area contributed by atoms with Crippen LogP contribution in [0.4, 0.5) is 0 Å². The summed E-state index contributed by atoms with van der Waals surface area (Å²) in [5.41, 5.74) is 0.493. The summed E-state index contributed by atoms with van der Waals surface area (Å²) in [4.78, 5) is 2.68. The van der Waals surface area contributed by atoms with Crippen molar-refractivity contribution in [3.8, 4) is 0 Å². The highest BCUT2D eigenvalue weighted by molar-refractivity contribution is 4.83. The molecular formula is C17H36N2. The van der Waals surface area contributed by atoms with Crippen molar-refractivity contribution in [3.05, 3.63) is 0 Å². The summed E-state index contributed by atoms with van der Waals surface area (Å²) < 4.78 is 0. The van der Waals surface area contributed by atoms with Crippen molar-refractivity contribution < 1.29 is 0 Å². The molecule has 1 rings (SSSR count). The predicted molar refractivity (Wildman–Crippen MR) is 85.6 cm³/mol. The Balaban J connectivity index is 2.05. The van der Waals surface area contributed by atoms with E-state index in [0.29, 0.717) is 11.5 Å². The van der Waals surface area contributed by atoms with Gasteiger partial charge in [-0.05, 0) is 63.6 Å². The molecule has 0 spiro atoms. The van der Waals surface area contributed by atoms with Crippen molar-refractivity contribution in [1.82, 2.24) is 10.2 Å². The summed E-state index contributed by atoms with van der Waals surface area (Å²) in [5.74, 6) is 0.901. The van der Waals surface area contributed by atoms with Crippen LogP contribution in [-0.4, -0.2) is 37.1 Å². The molecule has 0 aromatic heterocycles. The third-order valence-electron chi connectivity index (χ3n) is 4.60. The van der Waals surface area contributed by atoms with Gasteiger partial charge in [0.05, 0.1) is 0 Å². The molecule has 2 nitrogen and oxygen atoms in total. The van der Waals surface area contributed by atoms with Crippen LogP contribution in [0.1, 0.15) is 66.7 Å². The van der Waals surface area contributed by atoms with Crippen LogP contribution in [-0.2, 0) is 0 Å². The minimum atomic E-state index is 0.493. The fourth-order valence-electron chi connectivity index (χ4n) is 3.02. The summed E-state index contributed by atoms with van der Waals surface area (Å²) in [6, 6.07) is 0.695. The van der Waals surface area contributed by atoms with E-state index in [0.717, 1.165) is 5.92 Å². The smallest absolute Gasteiger partial charge is 0.00387 e. The summed E-state index contributed by atoms with van der Waals surface area (Å²) in [7, 11) is 0. The molecule has 1 heterocycles. The first kappa shape index (κ1) is 17.0. The number of likely N-dealkylation sites (tertiary alicyclic amines) is 1. The standard InChI is InChI=1S/C17H36N2/c1-6-11-18-15(2)9-7-8-12-19-13-10-16(14-19)17(3,4)5/h15-16,18H,6-14H2,1-5H3. The number of nitrogens with one attached hydrogen (secondary N) is 1. The molecule has 0 aromatic carbocycles. The Hall–Kier alpha value is -0.0800. The Morgan fingerprint density at radius 1 is 1.26 bits per heavy atom. The van der Waals surface area contributed by atoms with Crippen molar-refractivity contribution in [1.29, 1.82) is 0 Å².